The van der Waals surface area contributed by atoms with Crippen molar-refractivity contribution in [3.05, 3.63) is 24.3 Å². The molecular formula is C22H32N4O2. The number of hydrogen-bond donors (Lipinski definition) is 0. The zero-order chi connectivity index (χ0) is 19.7. The van der Waals surface area contributed by atoms with E-state index in [2.05, 4.69) is 47.9 Å². The first kappa shape index (κ1) is 19.4. The summed E-state index contributed by atoms with van der Waals surface area (Å²) in [6, 6.07) is 8.34. The van der Waals surface area contributed by atoms with Crippen LogP contribution < -0.4 is 9.80 Å². The van der Waals surface area contributed by atoms with Crippen LogP contribution in [0.1, 0.15) is 26.7 Å². The number of methoxy groups -OCH3 is 2. The van der Waals surface area contributed by atoms with E-state index in [0.717, 1.165) is 61.7 Å². The second-order valence-corrected chi connectivity index (χ2v) is 8.34. The monoisotopic (exact) mass is 384 g/mol. The number of benzene rings is 1. The lowest BCUT2D eigenvalue weighted by Crippen LogP contribution is -2.46. The molecule has 1 aromatic heterocycles. The van der Waals surface area contributed by atoms with Gasteiger partial charge in [0, 0.05) is 45.8 Å². The van der Waals surface area contributed by atoms with E-state index in [0.29, 0.717) is 11.8 Å². The molecule has 0 N–H and O–H groups in total. The van der Waals surface area contributed by atoms with E-state index >= 15 is 0 Å². The second kappa shape index (κ2) is 8.21. The molecule has 28 heavy (non-hydrogen) atoms. The predicted molar refractivity (Wildman–Crippen MR) is 113 cm³/mol. The number of hydrogen-bond acceptors (Lipinski definition) is 6. The molecule has 0 bridgehead atoms. The van der Waals surface area contributed by atoms with Gasteiger partial charge in [-0.25, -0.2) is 4.98 Å². The van der Waals surface area contributed by atoms with Crippen molar-refractivity contribution < 1.29 is 9.47 Å². The van der Waals surface area contributed by atoms with E-state index in [9.17, 15) is 0 Å². The first-order valence-electron chi connectivity index (χ1n) is 10.4. The fraction of sp³-hybridized carbons (Fsp3) is 0.636. The normalized spacial score (nSPS) is 28.7. The van der Waals surface area contributed by atoms with Crippen molar-refractivity contribution in [3.63, 3.8) is 0 Å². The Morgan fingerprint density at radius 2 is 1.46 bits per heavy atom. The van der Waals surface area contributed by atoms with Crippen LogP contribution in [0.5, 0.6) is 0 Å². The molecule has 2 saturated heterocycles. The molecular weight excluding hydrogens is 352 g/mol. The molecule has 4 rings (SSSR count). The molecule has 0 radical (unpaired) electrons. The van der Waals surface area contributed by atoms with E-state index < -0.39 is 0 Å². The highest BCUT2D eigenvalue weighted by Gasteiger charge is 2.30. The Bertz CT molecular complexity index is 814. The number of anilines is 2. The summed E-state index contributed by atoms with van der Waals surface area (Å²) in [6.45, 7) is 8.21. The molecule has 0 saturated carbocycles. The maximum Gasteiger partial charge on any atom is 0.227 e. The summed E-state index contributed by atoms with van der Waals surface area (Å²) in [5.41, 5.74) is 1.00. The largest absolute Gasteiger partial charge is 0.379 e. The van der Waals surface area contributed by atoms with Crippen LogP contribution in [0.3, 0.4) is 0 Å². The van der Waals surface area contributed by atoms with Crippen molar-refractivity contribution in [2.24, 2.45) is 11.8 Å². The highest BCUT2D eigenvalue weighted by Crippen LogP contribution is 2.32. The number of para-hydroxylation sites is 1. The minimum atomic E-state index is 0.223. The average molecular weight is 385 g/mol. The molecule has 0 amide bonds. The Morgan fingerprint density at radius 3 is 2.14 bits per heavy atom. The van der Waals surface area contributed by atoms with E-state index in [1.54, 1.807) is 7.11 Å². The Labute approximate surface area is 167 Å². The number of rotatable bonds is 4. The van der Waals surface area contributed by atoms with Crippen molar-refractivity contribution >= 4 is 22.7 Å². The van der Waals surface area contributed by atoms with E-state index in [4.69, 9.17) is 19.4 Å². The summed E-state index contributed by atoms with van der Waals surface area (Å²) < 4.78 is 11.4. The van der Waals surface area contributed by atoms with Crippen molar-refractivity contribution in [2.75, 3.05) is 50.2 Å². The summed E-state index contributed by atoms with van der Waals surface area (Å²) in [6.07, 6.45) is 2.66. The van der Waals surface area contributed by atoms with Crippen molar-refractivity contribution in [1.29, 1.82) is 0 Å². The second-order valence-electron chi connectivity index (χ2n) is 8.34. The first-order chi connectivity index (χ1) is 13.6. The van der Waals surface area contributed by atoms with Gasteiger partial charge in [0.25, 0.3) is 0 Å². The van der Waals surface area contributed by atoms with E-state index in [-0.39, 0.29) is 12.2 Å². The van der Waals surface area contributed by atoms with Crippen LogP contribution in [0.25, 0.3) is 10.9 Å². The fourth-order valence-electron chi connectivity index (χ4n) is 4.49. The van der Waals surface area contributed by atoms with Gasteiger partial charge >= 0.3 is 0 Å². The smallest absolute Gasteiger partial charge is 0.227 e. The molecule has 2 aliphatic rings. The van der Waals surface area contributed by atoms with Crippen LogP contribution in [0, 0.1) is 11.8 Å². The number of aromatic nitrogens is 2. The lowest BCUT2D eigenvalue weighted by atomic mass is 9.95. The molecule has 1 aromatic carbocycles. The van der Waals surface area contributed by atoms with Gasteiger partial charge in [-0.2, -0.15) is 4.98 Å². The molecule has 0 spiro atoms. The van der Waals surface area contributed by atoms with Gasteiger partial charge in [0.05, 0.1) is 17.7 Å². The minimum absolute atomic E-state index is 0.223. The number of ether oxygens (including phenoxy) is 2. The van der Waals surface area contributed by atoms with Crippen molar-refractivity contribution in [1.82, 2.24) is 9.97 Å². The summed E-state index contributed by atoms with van der Waals surface area (Å²) in [7, 11) is 3.62. The first-order valence-corrected chi connectivity index (χ1v) is 10.4. The van der Waals surface area contributed by atoms with Crippen LogP contribution in [0.15, 0.2) is 24.3 Å². The Balaban J connectivity index is 1.70. The molecule has 2 fully saturated rings. The topological polar surface area (TPSA) is 50.7 Å². The van der Waals surface area contributed by atoms with Gasteiger partial charge in [-0.1, -0.05) is 26.0 Å². The van der Waals surface area contributed by atoms with Crippen molar-refractivity contribution in [2.45, 2.75) is 38.9 Å². The summed E-state index contributed by atoms with van der Waals surface area (Å²) >= 11 is 0. The van der Waals surface area contributed by atoms with Crippen LogP contribution in [0.2, 0.25) is 0 Å². The van der Waals surface area contributed by atoms with E-state index in [1.807, 2.05) is 7.11 Å². The van der Waals surface area contributed by atoms with Gasteiger partial charge in [0.1, 0.15) is 5.82 Å². The quantitative estimate of drug-likeness (QED) is 0.806. The molecule has 4 unspecified atom stereocenters. The number of fused-ring (bicyclic) bond motifs is 1. The molecule has 2 aliphatic heterocycles. The standard InChI is InChI=1S/C22H32N4O2/c1-15-9-11-25(13-19(15)27-3)21-17-7-5-6-8-18(17)23-22(24-21)26-12-10-16(2)20(14-26)28-4/h5-8,15-16,19-20H,9-14H2,1-4H3. The van der Waals surface area contributed by atoms with Gasteiger partial charge in [-0.05, 0) is 36.8 Å². The Morgan fingerprint density at radius 1 is 0.857 bits per heavy atom. The molecule has 4 atom stereocenters. The van der Waals surface area contributed by atoms with Crippen LogP contribution >= 0.6 is 0 Å². The van der Waals surface area contributed by atoms with Crippen LogP contribution in [-0.4, -0.2) is 62.6 Å². The molecule has 152 valence electrons. The summed E-state index contributed by atoms with van der Waals surface area (Å²) in [5.74, 6) is 2.98. The predicted octanol–water partition coefficient (Wildman–Crippen LogP) is 3.35. The lowest BCUT2D eigenvalue weighted by molar-refractivity contribution is 0.0491. The van der Waals surface area contributed by atoms with Gasteiger partial charge in [-0.15, -0.1) is 0 Å². The maximum atomic E-state index is 5.74. The third-order valence-electron chi connectivity index (χ3n) is 6.54. The Kier molecular flexibility index (Phi) is 5.69. The van der Waals surface area contributed by atoms with Gasteiger partial charge in [-0.3, -0.25) is 0 Å². The van der Waals surface area contributed by atoms with Gasteiger partial charge < -0.3 is 19.3 Å². The molecule has 6 heteroatoms. The Hall–Kier alpha value is -1.92. The zero-order valence-corrected chi connectivity index (χ0v) is 17.5. The van der Waals surface area contributed by atoms with Crippen LogP contribution in [-0.2, 0) is 9.47 Å². The highest BCUT2D eigenvalue weighted by molar-refractivity contribution is 5.90. The molecule has 3 heterocycles. The minimum Gasteiger partial charge on any atom is -0.379 e. The summed E-state index contributed by atoms with van der Waals surface area (Å²) in [5, 5.41) is 1.12. The van der Waals surface area contributed by atoms with Crippen LogP contribution in [0.4, 0.5) is 11.8 Å². The molecule has 2 aromatic rings. The lowest BCUT2D eigenvalue weighted by Gasteiger charge is -2.39. The maximum absolute atomic E-state index is 5.74. The van der Waals surface area contributed by atoms with Gasteiger partial charge in [0.2, 0.25) is 5.95 Å². The number of nitrogens with zero attached hydrogens (tertiary/aromatic N) is 4. The van der Waals surface area contributed by atoms with E-state index in [1.165, 1.54) is 0 Å². The molecule has 6 nitrogen and oxygen atoms in total. The van der Waals surface area contributed by atoms with Crippen molar-refractivity contribution in [3.8, 4) is 0 Å². The number of piperidine rings is 2. The fourth-order valence-corrected chi connectivity index (χ4v) is 4.49. The zero-order valence-electron chi connectivity index (χ0n) is 17.5. The average Bonchev–Trinajstić information content (AvgIpc) is 2.73. The third kappa shape index (κ3) is 3.67. The molecule has 0 aliphatic carbocycles. The third-order valence-corrected chi connectivity index (χ3v) is 6.54. The summed E-state index contributed by atoms with van der Waals surface area (Å²) in [4.78, 5) is 14.6. The van der Waals surface area contributed by atoms with Gasteiger partial charge in [0.15, 0.2) is 0 Å². The highest BCUT2D eigenvalue weighted by atomic mass is 16.5. The SMILES string of the molecule is COC1CN(c2nc(N3CCC(C)C(OC)C3)c3ccccc3n2)CCC1C.